The van der Waals surface area contributed by atoms with Crippen LogP contribution in [0.1, 0.15) is 22.2 Å². The van der Waals surface area contributed by atoms with Crippen LogP contribution in [-0.4, -0.2) is 26.8 Å². The van der Waals surface area contributed by atoms with E-state index < -0.39 is 0 Å². The number of aromatic nitrogens is 3. The number of nitrogens with zero attached hydrogens (tertiary/aromatic N) is 3. The van der Waals surface area contributed by atoms with Crippen LogP contribution in [0.15, 0.2) is 66.3 Å². The van der Waals surface area contributed by atoms with E-state index in [4.69, 9.17) is 10.7 Å². The van der Waals surface area contributed by atoms with Crippen LogP contribution in [0, 0.1) is 0 Å². The van der Waals surface area contributed by atoms with Gasteiger partial charge in [-0.2, -0.15) is 0 Å². The van der Waals surface area contributed by atoms with E-state index in [-0.39, 0.29) is 5.91 Å². The molecule has 0 saturated carbocycles. The molecule has 0 unspecified atom stereocenters. The number of pyridine rings is 1. The molecule has 1 aromatic carbocycles. The molecule has 0 bridgehead atoms. The summed E-state index contributed by atoms with van der Waals surface area (Å²) < 4.78 is 2.06. The number of nitrogen functional groups attached to an aromatic ring is 1. The van der Waals surface area contributed by atoms with E-state index >= 15 is 0 Å². The third kappa shape index (κ3) is 4.51. The lowest BCUT2D eigenvalue weighted by Gasteiger charge is -2.06. The Morgan fingerprint density at radius 1 is 1.15 bits per heavy atom. The van der Waals surface area contributed by atoms with Gasteiger partial charge in [-0.25, -0.2) is 9.97 Å². The first-order valence-corrected chi connectivity index (χ1v) is 12.5. The highest BCUT2D eigenvalue weighted by molar-refractivity contribution is 7.19. The summed E-state index contributed by atoms with van der Waals surface area (Å²) in [4.78, 5) is 22.5. The van der Waals surface area contributed by atoms with Crippen LogP contribution in [0.5, 0.6) is 0 Å². The Labute approximate surface area is 204 Å². The first-order chi connectivity index (χ1) is 16.6. The number of anilines is 4. The molecule has 4 heterocycles. The summed E-state index contributed by atoms with van der Waals surface area (Å²) in [5.74, 6) is -0.199. The van der Waals surface area contributed by atoms with Crippen LogP contribution < -0.4 is 21.7 Å². The van der Waals surface area contributed by atoms with Crippen molar-refractivity contribution in [3.05, 3.63) is 76.7 Å². The van der Waals surface area contributed by atoms with Gasteiger partial charge in [0.1, 0.15) is 11.3 Å². The first kappa shape index (κ1) is 22.1. The Morgan fingerprint density at radius 3 is 2.88 bits per heavy atom. The molecule has 0 aliphatic heterocycles. The fourth-order valence-corrected chi connectivity index (χ4v) is 5.11. The zero-order valence-electron chi connectivity index (χ0n) is 18.4. The third-order valence-corrected chi connectivity index (χ3v) is 6.97. The molecule has 5 aromatic rings. The number of nitrogens with two attached hydrogens (primary N) is 1. The van der Waals surface area contributed by atoms with Crippen LogP contribution >= 0.6 is 22.7 Å². The SMILES string of the molecule is CCNCc1cccn2c(-c3csc(Nc4ccc(C(=O)Nc5ccccc5N)s4)n3)cnc12. The van der Waals surface area contributed by atoms with Crippen LogP contribution in [-0.2, 0) is 6.54 Å². The Kier molecular flexibility index (Phi) is 6.26. The van der Waals surface area contributed by atoms with Crippen molar-refractivity contribution in [2.24, 2.45) is 0 Å². The molecule has 8 nitrogen and oxygen atoms in total. The lowest BCUT2D eigenvalue weighted by atomic mass is 10.2. The molecule has 4 aromatic heterocycles. The average Bonchev–Trinajstić information content (AvgIpc) is 3.59. The minimum absolute atomic E-state index is 0.199. The highest BCUT2D eigenvalue weighted by Gasteiger charge is 2.14. The summed E-state index contributed by atoms with van der Waals surface area (Å²) in [5.41, 5.74) is 10.9. The molecular weight excluding hydrogens is 466 g/mol. The third-order valence-electron chi connectivity index (χ3n) is 5.22. The number of carbonyl (C=O) groups is 1. The molecule has 0 atom stereocenters. The van der Waals surface area contributed by atoms with Crippen molar-refractivity contribution in [1.82, 2.24) is 19.7 Å². The van der Waals surface area contributed by atoms with Crippen LogP contribution in [0.25, 0.3) is 17.0 Å². The average molecular weight is 490 g/mol. The summed E-state index contributed by atoms with van der Waals surface area (Å²) in [6, 6.07) is 15.0. The zero-order valence-corrected chi connectivity index (χ0v) is 20.0. The van der Waals surface area contributed by atoms with E-state index in [1.54, 1.807) is 18.2 Å². The van der Waals surface area contributed by atoms with Gasteiger partial charge in [-0.15, -0.1) is 22.7 Å². The van der Waals surface area contributed by atoms with E-state index in [2.05, 4.69) is 38.3 Å². The standard InChI is InChI=1S/C24H23N7OS2/c1-2-26-12-15-6-5-11-31-19(13-27-22(15)31)18-14-33-24(29-18)30-21-10-9-20(34-21)23(32)28-17-8-4-3-7-16(17)25/h3-11,13-14,26H,2,12,25H2,1H3,(H,28,32)(H,29,30). The van der Waals surface area contributed by atoms with Crippen molar-refractivity contribution in [3.63, 3.8) is 0 Å². The summed E-state index contributed by atoms with van der Waals surface area (Å²) in [6.07, 6.45) is 3.86. The van der Waals surface area contributed by atoms with Gasteiger partial charge >= 0.3 is 0 Å². The van der Waals surface area contributed by atoms with E-state index in [1.807, 2.05) is 42.0 Å². The van der Waals surface area contributed by atoms with Gasteiger partial charge in [-0.1, -0.05) is 25.1 Å². The Balaban J connectivity index is 1.31. The molecular formula is C24H23N7OS2. The second kappa shape index (κ2) is 9.64. The van der Waals surface area contributed by atoms with Crippen molar-refractivity contribution in [2.75, 3.05) is 22.9 Å². The van der Waals surface area contributed by atoms with Crippen LogP contribution in [0.4, 0.5) is 21.5 Å². The van der Waals surface area contributed by atoms with Crippen molar-refractivity contribution in [1.29, 1.82) is 0 Å². The number of rotatable bonds is 8. The number of para-hydroxylation sites is 2. The summed E-state index contributed by atoms with van der Waals surface area (Å²) in [5, 5.41) is 13.1. The smallest absolute Gasteiger partial charge is 0.265 e. The van der Waals surface area contributed by atoms with Crippen molar-refractivity contribution in [2.45, 2.75) is 13.5 Å². The number of thiophene rings is 1. The normalized spacial score (nSPS) is 11.1. The number of nitrogens with one attached hydrogen (secondary N) is 3. The van der Waals surface area contributed by atoms with Gasteiger partial charge in [0.05, 0.1) is 33.1 Å². The van der Waals surface area contributed by atoms with E-state index in [0.717, 1.165) is 45.8 Å². The van der Waals surface area contributed by atoms with Crippen LogP contribution in [0.2, 0.25) is 0 Å². The molecule has 34 heavy (non-hydrogen) atoms. The van der Waals surface area contributed by atoms with E-state index in [9.17, 15) is 4.79 Å². The molecule has 5 rings (SSSR count). The fraction of sp³-hybridized carbons (Fsp3) is 0.125. The topological polar surface area (TPSA) is 109 Å². The summed E-state index contributed by atoms with van der Waals surface area (Å²) >= 11 is 2.86. The van der Waals surface area contributed by atoms with Gasteiger partial charge in [0.15, 0.2) is 5.13 Å². The molecule has 10 heteroatoms. The lowest BCUT2D eigenvalue weighted by molar-refractivity contribution is 0.103. The molecule has 0 fully saturated rings. The number of fused-ring (bicyclic) bond motifs is 1. The number of imidazole rings is 1. The van der Waals surface area contributed by atoms with E-state index in [1.165, 1.54) is 22.7 Å². The maximum Gasteiger partial charge on any atom is 0.265 e. The Morgan fingerprint density at radius 2 is 2.03 bits per heavy atom. The van der Waals surface area contributed by atoms with Gasteiger partial charge < -0.3 is 21.7 Å². The molecule has 5 N–H and O–H groups in total. The highest BCUT2D eigenvalue weighted by Crippen LogP contribution is 2.31. The summed E-state index contributed by atoms with van der Waals surface area (Å²) in [6.45, 7) is 3.76. The molecule has 0 aliphatic carbocycles. The van der Waals surface area contributed by atoms with Gasteiger partial charge in [-0.3, -0.25) is 9.20 Å². The van der Waals surface area contributed by atoms with Crippen LogP contribution in [0.3, 0.4) is 0 Å². The highest BCUT2D eigenvalue weighted by atomic mass is 32.1. The summed E-state index contributed by atoms with van der Waals surface area (Å²) in [7, 11) is 0. The predicted molar refractivity (Wildman–Crippen MR) is 140 cm³/mol. The predicted octanol–water partition coefficient (Wildman–Crippen LogP) is 5.21. The van der Waals surface area contributed by atoms with Gasteiger partial charge in [0.25, 0.3) is 5.91 Å². The maximum absolute atomic E-state index is 12.6. The van der Waals surface area contributed by atoms with Gasteiger partial charge in [0, 0.05) is 23.7 Å². The second-order valence-corrected chi connectivity index (χ2v) is 9.46. The number of hydrogen-bond acceptors (Lipinski definition) is 8. The van der Waals surface area contributed by atoms with Crippen molar-refractivity contribution in [3.8, 4) is 11.4 Å². The number of thiazole rings is 1. The molecule has 0 saturated heterocycles. The number of hydrogen-bond donors (Lipinski definition) is 4. The lowest BCUT2D eigenvalue weighted by Crippen LogP contribution is -2.12. The zero-order chi connectivity index (χ0) is 23.5. The van der Waals surface area contributed by atoms with Crippen molar-refractivity contribution >= 4 is 55.7 Å². The molecule has 172 valence electrons. The van der Waals surface area contributed by atoms with E-state index in [0.29, 0.717) is 16.3 Å². The van der Waals surface area contributed by atoms with Gasteiger partial charge in [-0.05, 0) is 36.9 Å². The second-order valence-electron chi connectivity index (χ2n) is 7.52. The largest absolute Gasteiger partial charge is 0.397 e. The quantitative estimate of drug-likeness (QED) is 0.223. The number of carbonyl (C=O) groups excluding carboxylic acids is 1. The monoisotopic (exact) mass is 489 g/mol. The molecule has 0 spiro atoms. The molecule has 1 amide bonds. The maximum atomic E-state index is 12.6. The van der Waals surface area contributed by atoms with Gasteiger partial charge in [0.2, 0.25) is 0 Å². The fourth-order valence-electron chi connectivity index (χ4n) is 3.53. The molecule has 0 radical (unpaired) electrons. The Hall–Kier alpha value is -3.73. The first-order valence-electron chi connectivity index (χ1n) is 10.8. The molecule has 0 aliphatic rings. The minimum atomic E-state index is -0.199. The van der Waals surface area contributed by atoms with Crippen molar-refractivity contribution < 1.29 is 4.79 Å². The minimum Gasteiger partial charge on any atom is -0.397 e. The number of benzene rings is 1. The Bertz CT molecular complexity index is 1450. The number of amides is 1.